The Morgan fingerprint density at radius 1 is 1.30 bits per heavy atom. The van der Waals surface area contributed by atoms with Crippen LogP contribution in [0.1, 0.15) is 22.2 Å². The number of ether oxygens (including phenoxy) is 1. The molecule has 2 heterocycles. The summed E-state index contributed by atoms with van der Waals surface area (Å²) in [6.45, 7) is 3.77. The van der Waals surface area contributed by atoms with E-state index in [4.69, 9.17) is 4.74 Å². The summed E-state index contributed by atoms with van der Waals surface area (Å²) in [5.41, 5.74) is 1.36. The number of thiophene rings is 1. The lowest BCUT2D eigenvalue weighted by molar-refractivity contribution is -0.113. The SMILES string of the molecule is CCOC(=O)c1sc(NC(=O)CSc2nc3cc(F)c(F)cc3[nH]2)cc1C. The third kappa shape index (κ3) is 4.45. The summed E-state index contributed by atoms with van der Waals surface area (Å²) in [4.78, 5) is 31.3. The van der Waals surface area contributed by atoms with Crippen LogP contribution in [-0.2, 0) is 9.53 Å². The van der Waals surface area contributed by atoms with Crippen molar-refractivity contribution >= 4 is 51.0 Å². The quantitative estimate of drug-likeness (QED) is 0.471. The molecular formula is C17H15F2N3O3S2. The van der Waals surface area contributed by atoms with Gasteiger partial charge in [-0.1, -0.05) is 11.8 Å². The Labute approximate surface area is 161 Å². The van der Waals surface area contributed by atoms with E-state index in [0.717, 1.165) is 40.8 Å². The molecule has 0 aliphatic rings. The van der Waals surface area contributed by atoms with Gasteiger partial charge in [0.2, 0.25) is 5.91 Å². The second-order valence-corrected chi connectivity index (χ2v) is 7.52. The highest BCUT2D eigenvalue weighted by atomic mass is 32.2. The molecule has 3 aromatic rings. The summed E-state index contributed by atoms with van der Waals surface area (Å²) < 4.78 is 31.4. The van der Waals surface area contributed by atoms with Crippen LogP contribution in [0, 0.1) is 18.6 Å². The van der Waals surface area contributed by atoms with Crippen molar-refractivity contribution in [1.82, 2.24) is 9.97 Å². The average Bonchev–Trinajstić information content (AvgIpc) is 3.16. The topological polar surface area (TPSA) is 84.1 Å². The van der Waals surface area contributed by atoms with Crippen LogP contribution in [0.5, 0.6) is 0 Å². The van der Waals surface area contributed by atoms with Gasteiger partial charge in [-0.25, -0.2) is 18.6 Å². The number of imidazole rings is 1. The number of hydrogen-bond donors (Lipinski definition) is 2. The number of rotatable bonds is 6. The predicted octanol–water partition coefficient (Wildman–Crippen LogP) is 4.12. The van der Waals surface area contributed by atoms with Gasteiger partial charge in [0.1, 0.15) is 4.88 Å². The summed E-state index contributed by atoms with van der Waals surface area (Å²) >= 11 is 2.24. The maximum absolute atomic E-state index is 13.2. The second-order valence-electron chi connectivity index (χ2n) is 5.51. The lowest BCUT2D eigenvalue weighted by Gasteiger charge is -2.01. The molecule has 3 rings (SSSR count). The monoisotopic (exact) mass is 411 g/mol. The van der Waals surface area contributed by atoms with Crippen molar-refractivity contribution in [3.8, 4) is 0 Å². The molecule has 0 spiro atoms. The summed E-state index contributed by atoms with van der Waals surface area (Å²) in [5.74, 6) is -2.62. The lowest BCUT2D eigenvalue weighted by atomic mass is 10.3. The van der Waals surface area contributed by atoms with Gasteiger partial charge in [0.15, 0.2) is 16.8 Å². The highest BCUT2D eigenvalue weighted by Gasteiger charge is 2.16. The highest BCUT2D eigenvalue weighted by Crippen LogP contribution is 2.28. The van der Waals surface area contributed by atoms with E-state index in [1.807, 2.05) is 0 Å². The summed E-state index contributed by atoms with van der Waals surface area (Å²) in [6.07, 6.45) is 0. The fourth-order valence-corrected chi connectivity index (χ4v) is 3.97. The third-order valence-electron chi connectivity index (χ3n) is 3.48. The van der Waals surface area contributed by atoms with Gasteiger partial charge in [0, 0.05) is 12.1 Å². The number of fused-ring (bicyclic) bond motifs is 1. The molecule has 0 saturated carbocycles. The van der Waals surface area contributed by atoms with E-state index in [2.05, 4.69) is 15.3 Å². The zero-order valence-corrected chi connectivity index (χ0v) is 16.0. The van der Waals surface area contributed by atoms with E-state index in [-0.39, 0.29) is 23.8 Å². The minimum atomic E-state index is -0.978. The Kier molecular flexibility index (Phi) is 5.76. The Balaban J connectivity index is 1.61. The number of esters is 1. The second kappa shape index (κ2) is 8.05. The van der Waals surface area contributed by atoms with Crippen LogP contribution in [0.3, 0.4) is 0 Å². The van der Waals surface area contributed by atoms with Crippen molar-refractivity contribution < 1.29 is 23.1 Å². The maximum atomic E-state index is 13.2. The van der Waals surface area contributed by atoms with Gasteiger partial charge < -0.3 is 15.0 Å². The zero-order chi connectivity index (χ0) is 19.6. The van der Waals surface area contributed by atoms with Gasteiger partial charge in [0.25, 0.3) is 0 Å². The van der Waals surface area contributed by atoms with Crippen molar-refractivity contribution in [2.45, 2.75) is 19.0 Å². The highest BCUT2D eigenvalue weighted by molar-refractivity contribution is 7.99. The van der Waals surface area contributed by atoms with Crippen molar-refractivity contribution in [1.29, 1.82) is 0 Å². The summed E-state index contributed by atoms with van der Waals surface area (Å²) in [6, 6.07) is 3.72. The Morgan fingerprint density at radius 3 is 2.78 bits per heavy atom. The number of aromatic nitrogens is 2. The normalized spacial score (nSPS) is 11.0. The number of anilines is 1. The largest absolute Gasteiger partial charge is 0.462 e. The van der Waals surface area contributed by atoms with Gasteiger partial charge in [-0.2, -0.15) is 0 Å². The maximum Gasteiger partial charge on any atom is 0.348 e. The smallest absolute Gasteiger partial charge is 0.348 e. The Morgan fingerprint density at radius 2 is 2.04 bits per heavy atom. The van der Waals surface area contributed by atoms with Gasteiger partial charge >= 0.3 is 5.97 Å². The van der Waals surface area contributed by atoms with Crippen LogP contribution in [-0.4, -0.2) is 34.2 Å². The van der Waals surface area contributed by atoms with Gasteiger partial charge in [-0.3, -0.25) is 4.79 Å². The number of benzene rings is 1. The molecule has 10 heteroatoms. The number of H-pyrrole nitrogens is 1. The lowest BCUT2D eigenvalue weighted by Crippen LogP contribution is -2.13. The van der Waals surface area contributed by atoms with E-state index in [1.54, 1.807) is 19.9 Å². The van der Waals surface area contributed by atoms with E-state index in [9.17, 15) is 18.4 Å². The number of halogens is 2. The first-order chi connectivity index (χ1) is 12.9. The summed E-state index contributed by atoms with van der Waals surface area (Å²) in [7, 11) is 0. The van der Waals surface area contributed by atoms with Crippen molar-refractivity contribution in [2.75, 3.05) is 17.7 Å². The predicted molar refractivity (Wildman–Crippen MR) is 100 cm³/mol. The zero-order valence-electron chi connectivity index (χ0n) is 14.4. The molecule has 0 saturated heterocycles. The van der Waals surface area contributed by atoms with Crippen molar-refractivity contribution in [3.63, 3.8) is 0 Å². The number of carbonyl (C=O) groups is 2. The van der Waals surface area contributed by atoms with E-state index in [1.165, 1.54) is 0 Å². The van der Waals surface area contributed by atoms with Crippen molar-refractivity contribution in [3.05, 3.63) is 40.3 Å². The van der Waals surface area contributed by atoms with Gasteiger partial charge in [-0.05, 0) is 25.5 Å². The molecule has 0 bridgehead atoms. The van der Waals surface area contributed by atoms with E-state index in [0.29, 0.717) is 20.6 Å². The number of amides is 1. The minimum absolute atomic E-state index is 0.0382. The molecule has 27 heavy (non-hydrogen) atoms. The number of nitrogens with one attached hydrogen (secondary N) is 2. The first kappa shape index (κ1) is 19.3. The molecule has 0 aliphatic heterocycles. The Bertz CT molecular complexity index is 977. The molecule has 1 aromatic carbocycles. The third-order valence-corrected chi connectivity index (χ3v) is 5.49. The molecule has 2 aromatic heterocycles. The minimum Gasteiger partial charge on any atom is -0.462 e. The standard InChI is InChI=1S/C17H15F2N3O3S2/c1-3-25-16(24)15-8(2)4-14(27-15)22-13(23)7-26-17-20-11-5-9(18)10(19)6-12(11)21-17/h4-6H,3,7H2,1-2H3,(H,20,21)(H,22,23). The molecule has 2 N–H and O–H groups in total. The first-order valence-corrected chi connectivity index (χ1v) is 9.72. The number of carbonyl (C=O) groups excluding carboxylic acids is 2. The first-order valence-electron chi connectivity index (χ1n) is 7.92. The fourth-order valence-electron chi connectivity index (χ4n) is 2.30. The van der Waals surface area contributed by atoms with Crippen molar-refractivity contribution in [2.24, 2.45) is 0 Å². The molecule has 142 valence electrons. The van der Waals surface area contributed by atoms with Crippen LogP contribution < -0.4 is 5.32 Å². The number of aryl methyl sites for hydroxylation is 1. The van der Waals surface area contributed by atoms with Crippen LogP contribution in [0.4, 0.5) is 13.8 Å². The fraction of sp³-hybridized carbons (Fsp3) is 0.235. The molecule has 0 fully saturated rings. The molecule has 0 radical (unpaired) electrons. The van der Waals surface area contributed by atoms with Gasteiger partial charge in [-0.15, -0.1) is 11.3 Å². The van der Waals surface area contributed by atoms with E-state index < -0.39 is 17.6 Å². The molecule has 0 unspecified atom stereocenters. The molecule has 6 nitrogen and oxygen atoms in total. The molecule has 0 atom stereocenters. The molecule has 0 aliphatic carbocycles. The van der Waals surface area contributed by atoms with Crippen LogP contribution >= 0.6 is 23.1 Å². The Hall–Kier alpha value is -2.46. The van der Waals surface area contributed by atoms with Crippen LogP contribution in [0.15, 0.2) is 23.4 Å². The van der Waals surface area contributed by atoms with Gasteiger partial charge in [0.05, 0.1) is 28.4 Å². The summed E-state index contributed by atoms with van der Waals surface area (Å²) in [5, 5.41) is 3.62. The molecule has 1 amide bonds. The number of aromatic amines is 1. The number of nitrogens with zero attached hydrogens (tertiary/aromatic N) is 1. The number of hydrogen-bond acceptors (Lipinski definition) is 6. The van der Waals surface area contributed by atoms with Crippen LogP contribution in [0.2, 0.25) is 0 Å². The number of thioether (sulfide) groups is 1. The van der Waals surface area contributed by atoms with Crippen LogP contribution in [0.25, 0.3) is 11.0 Å². The molecular weight excluding hydrogens is 396 g/mol. The van der Waals surface area contributed by atoms with E-state index >= 15 is 0 Å². The average molecular weight is 411 g/mol.